The third-order valence-electron chi connectivity index (χ3n) is 4.99. The third kappa shape index (κ3) is 4.75. The highest BCUT2D eigenvalue weighted by Gasteiger charge is 2.27. The van der Waals surface area contributed by atoms with E-state index in [1.807, 2.05) is 0 Å². The molecule has 0 saturated heterocycles. The molecule has 0 fully saturated rings. The van der Waals surface area contributed by atoms with Gasteiger partial charge in [0.15, 0.2) is 4.96 Å². The molecule has 0 radical (unpaired) electrons. The van der Waals surface area contributed by atoms with Crippen LogP contribution in [-0.4, -0.2) is 41.4 Å². The van der Waals surface area contributed by atoms with E-state index in [4.69, 9.17) is 4.74 Å². The highest BCUT2D eigenvalue weighted by molar-refractivity contribution is 7.19. The fourth-order valence-corrected chi connectivity index (χ4v) is 4.44. The molecule has 4 aromatic rings. The summed E-state index contributed by atoms with van der Waals surface area (Å²) in [4.78, 5) is 55.5. The molecule has 0 spiro atoms. The first kappa shape index (κ1) is 23.6. The molecule has 0 bridgehead atoms. The van der Waals surface area contributed by atoms with Crippen molar-refractivity contribution in [3.05, 3.63) is 86.8 Å². The van der Waals surface area contributed by atoms with Crippen molar-refractivity contribution < 1.29 is 23.9 Å². The van der Waals surface area contributed by atoms with Crippen LogP contribution in [-0.2, 0) is 4.74 Å². The molecular weight excluding hydrogens is 472 g/mol. The first-order valence-electron chi connectivity index (χ1n) is 10.3. The Morgan fingerprint density at radius 1 is 0.971 bits per heavy atom. The molecule has 0 saturated carbocycles. The molecule has 2 aromatic heterocycles. The Labute approximate surface area is 203 Å². The molecule has 2 heterocycles. The molecule has 0 atom stereocenters. The van der Waals surface area contributed by atoms with Gasteiger partial charge in [0.05, 0.1) is 25.5 Å². The molecule has 2 amide bonds. The van der Waals surface area contributed by atoms with Crippen LogP contribution in [0.1, 0.15) is 36.2 Å². The number of amides is 2. The predicted molar refractivity (Wildman–Crippen MR) is 131 cm³/mol. The highest BCUT2D eigenvalue weighted by Crippen LogP contribution is 2.27. The van der Waals surface area contributed by atoms with E-state index >= 15 is 0 Å². The van der Waals surface area contributed by atoms with E-state index in [-0.39, 0.29) is 15.5 Å². The van der Waals surface area contributed by atoms with E-state index < -0.39 is 23.3 Å². The summed E-state index contributed by atoms with van der Waals surface area (Å²) in [6, 6.07) is 14.1. The largest absolute Gasteiger partial charge is 0.495 e. The number of aromatic nitrogens is 2. The number of aryl methyl sites for hydroxylation is 1. The second kappa shape index (κ2) is 9.77. The average Bonchev–Trinajstić information content (AvgIpc) is 3.24. The van der Waals surface area contributed by atoms with Crippen molar-refractivity contribution in [3.63, 3.8) is 0 Å². The van der Waals surface area contributed by atoms with Crippen LogP contribution in [0.2, 0.25) is 0 Å². The van der Waals surface area contributed by atoms with Crippen LogP contribution in [0.3, 0.4) is 0 Å². The number of hydrogen-bond donors (Lipinski definition) is 2. The number of esters is 1. The Morgan fingerprint density at radius 3 is 2.37 bits per heavy atom. The minimum Gasteiger partial charge on any atom is -0.495 e. The Morgan fingerprint density at radius 2 is 1.69 bits per heavy atom. The molecule has 2 N–H and O–H groups in total. The predicted octanol–water partition coefficient (Wildman–Crippen LogP) is 3.36. The molecule has 35 heavy (non-hydrogen) atoms. The van der Waals surface area contributed by atoms with Crippen molar-refractivity contribution in [2.24, 2.45) is 0 Å². The summed E-state index contributed by atoms with van der Waals surface area (Å²) in [5.41, 5.74) is 0.881. The number of para-hydroxylation sites is 2. The number of anilines is 2. The van der Waals surface area contributed by atoms with Crippen LogP contribution in [0.25, 0.3) is 4.96 Å². The average molecular weight is 493 g/mol. The molecule has 2 aromatic carbocycles. The summed E-state index contributed by atoms with van der Waals surface area (Å²) < 4.78 is 11.1. The van der Waals surface area contributed by atoms with Crippen molar-refractivity contribution >= 4 is 45.5 Å². The van der Waals surface area contributed by atoms with Crippen LogP contribution >= 0.6 is 11.3 Å². The fraction of sp³-hybridized carbons (Fsp3) is 0.125. The number of hydrogen-bond acceptors (Lipinski definition) is 8. The molecule has 0 aliphatic carbocycles. The number of ether oxygens (including phenoxy) is 2. The van der Waals surface area contributed by atoms with Crippen LogP contribution in [0.4, 0.5) is 11.4 Å². The SMILES string of the molecule is COC(=O)c1ccc(NC(=O)c2sc3nc(C)cc(=O)n3c2C(=O)Nc2ccccc2OC)cc1. The van der Waals surface area contributed by atoms with E-state index in [9.17, 15) is 19.2 Å². The van der Waals surface area contributed by atoms with E-state index in [1.165, 1.54) is 44.6 Å². The first-order chi connectivity index (χ1) is 16.8. The zero-order chi connectivity index (χ0) is 25.1. The smallest absolute Gasteiger partial charge is 0.337 e. The fourth-order valence-electron chi connectivity index (χ4n) is 3.37. The van der Waals surface area contributed by atoms with Gasteiger partial charge in [0.25, 0.3) is 17.4 Å². The van der Waals surface area contributed by atoms with Gasteiger partial charge in [0.2, 0.25) is 0 Å². The topological polar surface area (TPSA) is 128 Å². The number of methoxy groups -OCH3 is 2. The van der Waals surface area contributed by atoms with E-state index in [1.54, 1.807) is 31.2 Å². The zero-order valence-corrected chi connectivity index (χ0v) is 19.8. The molecule has 178 valence electrons. The van der Waals surface area contributed by atoms with E-state index in [0.29, 0.717) is 28.4 Å². The molecule has 11 heteroatoms. The van der Waals surface area contributed by atoms with Crippen molar-refractivity contribution in [3.8, 4) is 5.75 Å². The summed E-state index contributed by atoms with van der Waals surface area (Å²) in [6.07, 6.45) is 0. The lowest BCUT2D eigenvalue weighted by molar-refractivity contribution is 0.0600. The molecule has 0 unspecified atom stereocenters. The van der Waals surface area contributed by atoms with Gasteiger partial charge in [0.1, 0.15) is 16.3 Å². The summed E-state index contributed by atoms with van der Waals surface area (Å²) in [7, 11) is 2.74. The number of carbonyl (C=O) groups is 3. The lowest BCUT2D eigenvalue weighted by Crippen LogP contribution is -2.25. The summed E-state index contributed by atoms with van der Waals surface area (Å²) in [5, 5.41) is 5.40. The second-order valence-electron chi connectivity index (χ2n) is 7.31. The van der Waals surface area contributed by atoms with Crippen LogP contribution in [0.15, 0.2) is 59.4 Å². The number of fused-ring (bicyclic) bond motifs is 1. The van der Waals surface area contributed by atoms with Gasteiger partial charge in [0, 0.05) is 17.4 Å². The minimum absolute atomic E-state index is 0.00959. The number of nitrogens with one attached hydrogen (secondary N) is 2. The number of nitrogens with zero attached hydrogens (tertiary/aromatic N) is 2. The Hall–Kier alpha value is -4.51. The van der Waals surface area contributed by atoms with Crippen LogP contribution in [0.5, 0.6) is 5.75 Å². The van der Waals surface area contributed by atoms with Gasteiger partial charge in [-0.2, -0.15) is 0 Å². The highest BCUT2D eigenvalue weighted by atomic mass is 32.1. The van der Waals surface area contributed by atoms with Crippen molar-refractivity contribution in [1.82, 2.24) is 9.38 Å². The summed E-state index contributed by atoms with van der Waals surface area (Å²) in [6.45, 7) is 1.65. The number of carbonyl (C=O) groups excluding carboxylic acids is 3. The Balaban J connectivity index is 1.74. The maximum absolute atomic E-state index is 13.3. The van der Waals surface area contributed by atoms with Gasteiger partial charge in [-0.15, -0.1) is 0 Å². The monoisotopic (exact) mass is 492 g/mol. The summed E-state index contributed by atoms with van der Waals surface area (Å²) in [5.74, 6) is -1.39. The molecule has 0 aliphatic rings. The molecule has 10 nitrogen and oxygen atoms in total. The van der Waals surface area contributed by atoms with Gasteiger partial charge in [-0.1, -0.05) is 23.5 Å². The lowest BCUT2D eigenvalue weighted by atomic mass is 10.2. The van der Waals surface area contributed by atoms with Crippen molar-refractivity contribution in [2.45, 2.75) is 6.92 Å². The molecular formula is C24H20N4O6S. The van der Waals surface area contributed by atoms with E-state index in [0.717, 1.165) is 15.7 Å². The maximum Gasteiger partial charge on any atom is 0.337 e. The van der Waals surface area contributed by atoms with Gasteiger partial charge in [-0.25, -0.2) is 14.2 Å². The number of rotatable bonds is 6. The van der Waals surface area contributed by atoms with Crippen LogP contribution < -0.4 is 20.9 Å². The quantitative estimate of drug-likeness (QED) is 0.395. The van der Waals surface area contributed by atoms with Gasteiger partial charge in [-0.05, 0) is 43.3 Å². The van der Waals surface area contributed by atoms with E-state index in [2.05, 4.69) is 20.4 Å². The second-order valence-corrected chi connectivity index (χ2v) is 8.29. The first-order valence-corrected chi connectivity index (χ1v) is 11.1. The maximum atomic E-state index is 13.3. The van der Waals surface area contributed by atoms with Gasteiger partial charge in [-0.3, -0.25) is 14.4 Å². The van der Waals surface area contributed by atoms with Gasteiger partial charge >= 0.3 is 5.97 Å². The van der Waals surface area contributed by atoms with Crippen LogP contribution in [0, 0.1) is 6.92 Å². The molecule has 0 aliphatic heterocycles. The number of thiazole rings is 1. The third-order valence-corrected chi connectivity index (χ3v) is 6.03. The van der Waals surface area contributed by atoms with Gasteiger partial charge < -0.3 is 20.1 Å². The standard InChI is InChI=1S/C24H20N4O6S/c1-13-12-18(29)28-19(21(30)27-16-6-4-5-7-17(16)33-2)20(35-24(28)25-13)22(31)26-15-10-8-14(9-11-15)23(32)34-3/h4-12H,1-3H3,(H,26,31)(H,27,30). The molecule has 4 rings (SSSR count). The normalized spacial score (nSPS) is 10.6. The Bertz CT molecular complexity index is 1510. The zero-order valence-electron chi connectivity index (χ0n) is 18.9. The van der Waals surface area contributed by atoms with Crippen molar-refractivity contribution in [2.75, 3.05) is 24.9 Å². The Kier molecular flexibility index (Phi) is 6.60. The number of benzene rings is 2. The minimum atomic E-state index is -0.681. The van der Waals surface area contributed by atoms with Crippen molar-refractivity contribution in [1.29, 1.82) is 0 Å². The summed E-state index contributed by atoms with van der Waals surface area (Å²) >= 11 is 0.914. The lowest BCUT2D eigenvalue weighted by Gasteiger charge is -2.11.